The Morgan fingerprint density at radius 1 is 1.38 bits per heavy atom. The van der Waals surface area contributed by atoms with Crippen LogP contribution in [0.25, 0.3) is 0 Å². The van der Waals surface area contributed by atoms with Gasteiger partial charge in [-0.1, -0.05) is 5.21 Å². The van der Waals surface area contributed by atoms with E-state index in [1.807, 2.05) is 0 Å². The number of benzene rings is 1. The molecule has 1 aliphatic carbocycles. The maximum absolute atomic E-state index is 12.9. The zero-order valence-corrected chi connectivity index (χ0v) is 11.3. The molecule has 2 aromatic rings. The highest BCUT2D eigenvalue weighted by Crippen LogP contribution is 2.49. The third-order valence-corrected chi connectivity index (χ3v) is 3.79. The average Bonchev–Trinajstić information content (AvgIpc) is 3.06. The van der Waals surface area contributed by atoms with Gasteiger partial charge >= 0.3 is 0 Å². The van der Waals surface area contributed by atoms with Crippen LogP contribution in [0.15, 0.2) is 30.5 Å². The minimum Gasteiger partial charge on any atom is -0.287 e. The second-order valence-corrected chi connectivity index (χ2v) is 5.47. The van der Waals surface area contributed by atoms with E-state index in [0.29, 0.717) is 18.5 Å². The van der Waals surface area contributed by atoms with E-state index < -0.39 is 0 Å². The summed E-state index contributed by atoms with van der Waals surface area (Å²) in [7, 11) is 0. The van der Waals surface area contributed by atoms with Crippen molar-refractivity contribution in [1.82, 2.24) is 15.0 Å². The highest BCUT2D eigenvalue weighted by atomic mass is 19.1. The van der Waals surface area contributed by atoms with Crippen molar-refractivity contribution >= 4 is 5.78 Å². The second-order valence-electron chi connectivity index (χ2n) is 5.47. The Kier molecular flexibility index (Phi) is 3.26. The number of hydrogen-bond acceptors (Lipinski definition) is 4. The summed E-state index contributed by atoms with van der Waals surface area (Å²) in [5.74, 6) is -0.672. The number of carbonyl (C=O) groups is 1. The van der Waals surface area contributed by atoms with E-state index in [4.69, 9.17) is 5.26 Å². The summed E-state index contributed by atoms with van der Waals surface area (Å²) >= 11 is 0. The maximum atomic E-state index is 12.9. The Morgan fingerprint density at radius 3 is 2.71 bits per heavy atom. The molecule has 0 bridgehead atoms. The fraction of sp³-hybridized carbons (Fsp3) is 0.333. The molecule has 5 nitrogen and oxygen atoms in total. The van der Waals surface area contributed by atoms with Gasteiger partial charge in [-0.25, -0.2) is 4.39 Å². The summed E-state index contributed by atoms with van der Waals surface area (Å²) in [5, 5.41) is 16.6. The lowest BCUT2D eigenvalue weighted by atomic mass is 10.0. The fourth-order valence-electron chi connectivity index (χ4n) is 2.31. The van der Waals surface area contributed by atoms with Gasteiger partial charge < -0.3 is 0 Å². The lowest BCUT2D eigenvalue weighted by Crippen LogP contribution is -2.11. The number of ketones is 1. The van der Waals surface area contributed by atoms with Crippen LogP contribution >= 0.6 is 0 Å². The molecule has 21 heavy (non-hydrogen) atoms. The average molecular weight is 284 g/mol. The molecule has 1 saturated carbocycles. The molecule has 0 radical (unpaired) electrons. The highest BCUT2D eigenvalue weighted by molar-refractivity contribution is 6.07. The first-order chi connectivity index (χ1) is 10.1. The maximum Gasteiger partial charge on any atom is 0.214 e. The van der Waals surface area contributed by atoms with Crippen molar-refractivity contribution in [2.75, 3.05) is 0 Å². The molecule has 1 aliphatic rings. The number of halogens is 1. The lowest BCUT2D eigenvalue weighted by Gasteiger charge is -2.09. The van der Waals surface area contributed by atoms with E-state index in [2.05, 4.69) is 16.4 Å². The smallest absolute Gasteiger partial charge is 0.214 e. The molecule has 1 aromatic carbocycles. The van der Waals surface area contributed by atoms with Crippen molar-refractivity contribution in [1.29, 1.82) is 5.26 Å². The number of hydrogen-bond donors (Lipinski definition) is 0. The van der Waals surface area contributed by atoms with Gasteiger partial charge in [0.05, 0.1) is 12.3 Å². The first kappa shape index (κ1) is 13.4. The molecule has 106 valence electrons. The Labute approximate surface area is 121 Å². The first-order valence-electron chi connectivity index (χ1n) is 6.69. The molecule has 1 fully saturated rings. The Hall–Kier alpha value is -2.55. The van der Waals surface area contributed by atoms with Gasteiger partial charge in [0.2, 0.25) is 5.78 Å². The van der Waals surface area contributed by atoms with Gasteiger partial charge in [-0.05, 0) is 37.1 Å². The molecule has 0 spiro atoms. The van der Waals surface area contributed by atoms with Crippen molar-refractivity contribution in [3.05, 3.63) is 47.5 Å². The van der Waals surface area contributed by atoms with Crippen molar-refractivity contribution < 1.29 is 9.18 Å². The topological polar surface area (TPSA) is 71.6 Å². The third kappa shape index (κ3) is 2.82. The zero-order valence-electron chi connectivity index (χ0n) is 11.3. The number of aromatic nitrogens is 3. The van der Waals surface area contributed by atoms with Crippen LogP contribution in [-0.2, 0) is 6.54 Å². The molecule has 1 heterocycles. The summed E-state index contributed by atoms with van der Waals surface area (Å²) < 4.78 is 14.5. The summed E-state index contributed by atoms with van der Waals surface area (Å²) in [5.41, 5.74) is 0.606. The summed E-state index contributed by atoms with van der Waals surface area (Å²) in [6, 6.07) is 7.52. The van der Waals surface area contributed by atoms with Gasteiger partial charge in [-0.3, -0.25) is 9.48 Å². The van der Waals surface area contributed by atoms with E-state index in [1.165, 1.54) is 24.3 Å². The zero-order chi connectivity index (χ0) is 14.9. The van der Waals surface area contributed by atoms with Crippen molar-refractivity contribution in [2.45, 2.75) is 25.8 Å². The summed E-state index contributed by atoms with van der Waals surface area (Å²) in [4.78, 5) is 12.2. The largest absolute Gasteiger partial charge is 0.287 e. The second kappa shape index (κ2) is 5.09. The molecular weight excluding hydrogens is 271 g/mol. The fourth-order valence-corrected chi connectivity index (χ4v) is 2.31. The normalized spacial score (nSPS) is 15.4. The molecule has 0 saturated heterocycles. The van der Waals surface area contributed by atoms with Gasteiger partial charge in [0.15, 0.2) is 5.69 Å². The van der Waals surface area contributed by atoms with Crippen LogP contribution in [0.5, 0.6) is 0 Å². The third-order valence-electron chi connectivity index (χ3n) is 3.79. The van der Waals surface area contributed by atoms with Crippen molar-refractivity contribution in [3.63, 3.8) is 0 Å². The standard InChI is InChI=1S/C15H13FN4O/c16-12-3-1-11(2-4-12)14(21)13-9-20(19-18-13)10-15(5-6-15)7-8-17/h1-4,9H,5-7,10H2. The van der Waals surface area contributed by atoms with Crippen molar-refractivity contribution in [3.8, 4) is 6.07 Å². The van der Waals surface area contributed by atoms with E-state index in [1.54, 1.807) is 10.9 Å². The van der Waals surface area contributed by atoms with Crippen LogP contribution in [0.1, 0.15) is 35.3 Å². The predicted octanol–water partition coefficient (Wildman–Crippen LogP) is 2.34. The Bertz CT molecular complexity index is 710. The van der Waals surface area contributed by atoms with Crippen LogP contribution in [0.4, 0.5) is 4.39 Å². The number of carbonyl (C=O) groups excluding carboxylic acids is 1. The quantitative estimate of drug-likeness (QED) is 0.790. The van der Waals surface area contributed by atoms with E-state index in [9.17, 15) is 9.18 Å². The lowest BCUT2D eigenvalue weighted by molar-refractivity contribution is 0.103. The number of rotatable bonds is 5. The molecule has 0 atom stereocenters. The van der Waals surface area contributed by atoms with Gasteiger partial charge in [0.25, 0.3) is 0 Å². The van der Waals surface area contributed by atoms with Crippen LogP contribution in [0, 0.1) is 22.6 Å². The highest BCUT2D eigenvalue weighted by Gasteiger charge is 2.43. The first-order valence-corrected chi connectivity index (χ1v) is 6.69. The molecule has 6 heteroatoms. The molecule has 0 unspecified atom stereocenters. The molecule has 0 amide bonds. The predicted molar refractivity (Wildman–Crippen MR) is 71.8 cm³/mol. The van der Waals surface area contributed by atoms with Crippen LogP contribution in [0.3, 0.4) is 0 Å². The minimum absolute atomic E-state index is 0.00135. The summed E-state index contributed by atoms with van der Waals surface area (Å²) in [6.07, 6.45) is 4.08. The Balaban J connectivity index is 1.74. The number of nitrogens with zero attached hydrogens (tertiary/aromatic N) is 4. The molecule has 1 aromatic heterocycles. The Morgan fingerprint density at radius 2 is 2.10 bits per heavy atom. The minimum atomic E-state index is -0.387. The SMILES string of the molecule is N#CCC1(Cn2cc(C(=O)c3ccc(F)cc3)nn2)CC1. The molecular formula is C15H13FN4O. The van der Waals surface area contributed by atoms with E-state index in [-0.39, 0.29) is 22.7 Å². The molecule has 3 rings (SSSR count). The molecule has 0 N–H and O–H groups in total. The van der Waals surface area contributed by atoms with E-state index in [0.717, 1.165) is 12.8 Å². The van der Waals surface area contributed by atoms with Crippen LogP contribution in [0.2, 0.25) is 0 Å². The van der Waals surface area contributed by atoms with Crippen LogP contribution in [-0.4, -0.2) is 20.8 Å². The number of nitriles is 1. The van der Waals surface area contributed by atoms with Gasteiger partial charge in [-0.15, -0.1) is 5.10 Å². The monoisotopic (exact) mass is 284 g/mol. The van der Waals surface area contributed by atoms with Crippen LogP contribution < -0.4 is 0 Å². The van der Waals surface area contributed by atoms with Gasteiger partial charge in [-0.2, -0.15) is 5.26 Å². The van der Waals surface area contributed by atoms with Crippen molar-refractivity contribution in [2.24, 2.45) is 5.41 Å². The molecule has 0 aliphatic heterocycles. The van der Waals surface area contributed by atoms with Gasteiger partial charge in [0.1, 0.15) is 5.82 Å². The summed E-state index contributed by atoms with van der Waals surface area (Å²) in [6.45, 7) is 0.601. The van der Waals surface area contributed by atoms with Gasteiger partial charge in [0, 0.05) is 23.9 Å². The van der Waals surface area contributed by atoms with E-state index >= 15 is 0 Å².